The van der Waals surface area contributed by atoms with Crippen molar-refractivity contribution >= 4 is 17.6 Å². The maximum Gasteiger partial charge on any atom is 0.311 e. The van der Waals surface area contributed by atoms with Crippen LogP contribution in [-0.2, 0) is 11.2 Å². The van der Waals surface area contributed by atoms with Crippen LogP contribution in [0.3, 0.4) is 0 Å². The lowest BCUT2D eigenvalue weighted by molar-refractivity contribution is -0.136. The Kier molecular flexibility index (Phi) is 5.00. The molecule has 2 rings (SSSR count). The summed E-state index contributed by atoms with van der Waals surface area (Å²) in [4.78, 5) is 23.1. The van der Waals surface area contributed by atoms with Gasteiger partial charge in [0.15, 0.2) is 11.6 Å². The zero-order valence-electron chi connectivity index (χ0n) is 12.7. The van der Waals surface area contributed by atoms with Gasteiger partial charge in [-0.05, 0) is 26.0 Å². The Balaban J connectivity index is 2.21. The van der Waals surface area contributed by atoms with Gasteiger partial charge in [0.05, 0.1) is 18.4 Å². The molecule has 0 saturated carbocycles. The second-order valence-corrected chi connectivity index (χ2v) is 4.82. The number of hydrogen-bond donors (Lipinski definition) is 2. The van der Waals surface area contributed by atoms with Gasteiger partial charge in [0, 0.05) is 17.3 Å². The van der Waals surface area contributed by atoms with E-state index in [1.807, 2.05) is 0 Å². The second-order valence-electron chi connectivity index (χ2n) is 4.82. The van der Waals surface area contributed by atoms with Crippen LogP contribution >= 0.6 is 0 Å². The Labute approximate surface area is 131 Å². The van der Waals surface area contributed by atoms with Gasteiger partial charge >= 0.3 is 5.97 Å². The molecule has 0 spiro atoms. The van der Waals surface area contributed by atoms with Crippen molar-refractivity contribution < 1.29 is 28.2 Å². The van der Waals surface area contributed by atoms with Gasteiger partial charge in [0.25, 0.3) is 5.91 Å². The Morgan fingerprint density at radius 1 is 1.39 bits per heavy atom. The van der Waals surface area contributed by atoms with Crippen LogP contribution in [0.2, 0.25) is 0 Å². The van der Waals surface area contributed by atoms with Crippen molar-refractivity contribution in [3.05, 3.63) is 47.2 Å². The van der Waals surface area contributed by atoms with E-state index in [-0.39, 0.29) is 22.8 Å². The average Bonchev–Trinajstić information content (AvgIpc) is 2.82. The molecule has 0 radical (unpaired) electrons. The Morgan fingerprint density at radius 3 is 2.74 bits per heavy atom. The predicted molar refractivity (Wildman–Crippen MR) is 80.3 cm³/mol. The number of carbonyl (C=O) groups excluding carboxylic acids is 1. The van der Waals surface area contributed by atoms with Crippen LogP contribution in [0.25, 0.3) is 0 Å². The van der Waals surface area contributed by atoms with Gasteiger partial charge in [-0.3, -0.25) is 9.59 Å². The first-order valence-electron chi connectivity index (χ1n) is 6.94. The number of aryl methyl sites for hydroxylation is 1. The topological polar surface area (TPSA) is 88.8 Å². The highest BCUT2D eigenvalue weighted by Gasteiger charge is 2.21. The third kappa shape index (κ3) is 3.88. The molecule has 1 heterocycles. The van der Waals surface area contributed by atoms with Crippen LogP contribution in [0.5, 0.6) is 5.75 Å². The first-order valence-corrected chi connectivity index (χ1v) is 6.94. The van der Waals surface area contributed by atoms with Crippen LogP contribution in [0.1, 0.15) is 28.6 Å². The fraction of sp³-hybridized carbons (Fsp3) is 0.250. The van der Waals surface area contributed by atoms with Gasteiger partial charge in [-0.15, -0.1) is 0 Å². The van der Waals surface area contributed by atoms with Crippen molar-refractivity contribution in [2.75, 3.05) is 11.9 Å². The first-order chi connectivity index (χ1) is 10.9. The summed E-state index contributed by atoms with van der Waals surface area (Å²) in [6.07, 6.45) is 0.903. The van der Waals surface area contributed by atoms with Crippen molar-refractivity contribution in [2.45, 2.75) is 20.3 Å². The standard InChI is InChI=1S/C16H16FNO5/c1-3-22-12-5-4-10(6-11(12)17)18-16(21)15-9(2)8-23-13(15)7-14(19)20/h4-6,8H,3,7H2,1-2H3,(H,18,21)(H,19,20). The number of carboxylic acids is 1. The van der Waals surface area contributed by atoms with E-state index in [0.29, 0.717) is 12.2 Å². The van der Waals surface area contributed by atoms with E-state index in [1.165, 1.54) is 18.4 Å². The molecule has 0 atom stereocenters. The number of carboxylic acid groups (broad SMARTS) is 1. The van der Waals surface area contributed by atoms with Crippen LogP contribution in [0, 0.1) is 12.7 Å². The summed E-state index contributed by atoms with van der Waals surface area (Å²) in [5.41, 5.74) is 0.879. The summed E-state index contributed by atoms with van der Waals surface area (Å²) in [6.45, 7) is 3.69. The lowest BCUT2D eigenvalue weighted by Crippen LogP contribution is -2.15. The largest absolute Gasteiger partial charge is 0.491 e. The van der Waals surface area contributed by atoms with E-state index in [9.17, 15) is 14.0 Å². The molecule has 23 heavy (non-hydrogen) atoms. The highest BCUT2D eigenvalue weighted by atomic mass is 19.1. The molecular weight excluding hydrogens is 305 g/mol. The lowest BCUT2D eigenvalue weighted by atomic mass is 10.1. The molecule has 0 bridgehead atoms. The molecule has 6 nitrogen and oxygen atoms in total. The molecule has 1 amide bonds. The van der Waals surface area contributed by atoms with Gasteiger partial charge < -0.3 is 19.6 Å². The minimum absolute atomic E-state index is 0.0545. The van der Waals surface area contributed by atoms with Crippen molar-refractivity contribution in [1.29, 1.82) is 0 Å². The normalized spacial score (nSPS) is 10.4. The maximum absolute atomic E-state index is 13.8. The number of rotatable bonds is 6. The monoisotopic (exact) mass is 321 g/mol. The Morgan fingerprint density at radius 2 is 2.13 bits per heavy atom. The van der Waals surface area contributed by atoms with E-state index in [0.717, 1.165) is 6.07 Å². The number of amides is 1. The number of benzene rings is 1. The number of aliphatic carboxylic acids is 1. The molecule has 0 aliphatic rings. The number of carbonyl (C=O) groups is 2. The van der Waals surface area contributed by atoms with E-state index >= 15 is 0 Å². The molecule has 1 aromatic carbocycles. The first kappa shape index (κ1) is 16.5. The van der Waals surface area contributed by atoms with Gasteiger partial charge in [-0.25, -0.2) is 4.39 Å². The fourth-order valence-electron chi connectivity index (χ4n) is 2.12. The Bertz CT molecular complexity index is 738. The van der Waals surface area contributed by atoms with Crippen molar-refractivity contribution in [2.24, 2.45) is 0 Å². The number of nitrogens with one attached hydrogen (secondary N) is 1. The van der Waals surface area contributed by atoms with Gasteiger partial charge in [0.2, 0.25) is 0 Å². The number of furan rings is 1. The van der Waals surface area contributed by atoms with Gasteiger partial charge in [0.1, 0.15) is 12.2 Å². The smallest absolute Gasteiger partial charge is 0.311 e. The summed E-state index contributed by atoms with van der Waals surface area (Å²) < 4.78 is 24.0. The summed E-state index contributed by atoms with van der Waals surface area (Å²) in [6, 6.07) is 4.04. The second kappa shape index (κ2) is 6.95. The molecule has 0 aliphatic carbocycles. The number of ether oxygens (including phenoxy) is 1. The molecule has 7 heteroatoms. The van der Waals surface area contributed by atoms with Crippen molar-refractivity contribution in [3.63, 3.8) is 0 Å². The molecule has 122 valence electrons. The summed E-state index contributed by atoms with van der Waals surface area (Å²) in [7, 11) is 0. The van der Waals surface area contributed by atoms with Gasteiger partial charge in [-0.1, -0.05) is 0 Å². The minimum Gasteiger partial charge on any atom is -0.491 e. The van der Waals surface area contributed by atoms with Gasteiger partial charge in [-0.2, -0.15) is 0 Å². The van der Waals surface area contributed by atoms with Crippen molar-refractivity contribution in [1.82, 2.24) is 0 Å². The van der Waals surface area contributed by atoms with E-state index in [1.54, 1.807) is 13.8 Å². The number of halogens is 1. The lowest BCUT2D eigenvalue weighted by Gasteiger charge is -2.09. The third-order valence-electron chi connectivity index (χ3n) is 3.08. The SMILES string of the molecule is CCOc1ccc(NC(=O)c2c(C)coc2CC(=O)O)cc1F. The van der Waals surface area contributed by atoms with Crippen LogP contribution in [0.4, 0.5) is 10.1 Å². The number of hydrogen-bond acceptors (Lipinski definition) is 4. The third-order valence-corrected chi connectivity index (χ3v) is 3.08. The quantitative estimate of drug-likeness (QED) is 0.854. The zero-order valence-corrected chi connectivity index (χ0v) is 12.7. The molecule has 0 unspecified atom stereocenters. The Hall–Kier alpha value is -2.83. The van der Waals surface area contributed by atoms with E-state index in [2.05, 4.69) is 5.32 Å². The summed E-state index contributed by atoms with van der Waals surface area (Å²) >= 11 is 0. The summed E-state index contributed by atoms with van der Waals surface area (Å²) in [5.74, 6) is -2.12. The van der Waals surface area contributed by atoms with Crippen LogP contribution in [0.15, 0.2) is 28.9 Å². The highest BCUT2D eigenvalue weighted by Crippen LogP contribution is 2.23. The fourth-order valence-corrected chi connectivity index (χ4v) is 2.12. The molecule has 0 saturated heterocycles. The molecule has 0 fully saturated rings. The molecule has 2 N–H and O–H groups in total. The summed E-state index contributed by atoms with van der Waals surface area (Å²) in [5, 5.41) is 11.4. The van der Waals surface area contributed by atoms with E-state index in [4.69, 9.17) is 14.3 Å². The minimum atomic E-state index is -1.11. The maximum atomic E-state index is 13.8. The zero-order chi connectivity index (χ0) is 17.0. The predicted octanol–water partition coefficient (Wildman–Crippen LogP) is 3.01. The highest BCUT2D eigenvalue weighted by molar-refractivity contribution is 6.06. The molecular formula is C16H16FNO5. The molecule has 0 aliphatic heterocycles. The average molecular weight is 321 g/mol. The van der Waals surface area contributed by atoms with Crippen molar-refractivity contribution in [3.8, 4) is 5.75 Å². The number of anilines is 1. The van der Waals surface area contributed by atoms with Crippen LogP contribution in [-0.4, -0.2) is 23.6 Å². The van der Waals surface area contributed by atoms with Crippen LogP contribution < -0.4 is 10.1 Å². The molecule has 2 aromatic rings. The van der Waals surface area contributed by atoms with E-state index < -0.39 is 24.1 Å². The molecule has 1 aromatic heterocycles.